The molecule has 0 aliphatic carbocycles. The fourth-order valence-electron chi connectivity index (χ4n) is 1.82. The minimum Gasteiger partial charge on any atom is -0.383 e. The lowest BCUT2D eigenvalue weighted by atomic mass is 10.0. The summed E-state index contributed by atoms with van der Waals surface area (Å²) in [7, 11) is 1.71. The van der Waals surface area contributed by atoms with Crippen molar-refractivity contribution in [3.05, 3.63) is 16.4 Å². The van der Waals surface area contributed by atoms with E-state index in [2.05, 4.69) is 50.8 Å². The van der Waals surface area contributed by atoms with Crippen LogP contribution < -0.4 is 0 Å². The zero-order valence-corrected chi connectivity index (χ0v) is 13.1. The Labute approximate surface area is 114 Å². The van der Waals surface area contributed by atoms with E-state index in [0.29, 0.717) is 17.4 Å². The van der Waals surface area contributed by atoms with Crippen molar-refractivity contribution in [1.82, 2.24) is 9.78 Å². The predicted molar refractivity (Wildman–Crippen MR) is 73.2 cm³/mol. The van der Waals surface area contributed by atoms with Crippen molar-refractivity contribution in [2.24, 2.45) is 0 Å². The van der Waals surface area contributed by atoms with Crippen LogP contribution in [-0.2, 0) is 11.3 Å². The third-order valence-corrected chi connectivity index (χ3v) is 3.47. The standard InChI is InChI=1S/C11H18Br2N2O/c1-8(6-9(2)12)11-10(13)7-14-15(11)4-5-16-3/h7-9H,4-6H2,1-3H3. The van der Waals surface area contributed by atoms with Crippen molar-refractivity contribution in [3.8, 4) is 0 Å². The largest absolute Gasteiger partial charge is 0.383 e. The van der Waals surface area contributed by atoms with Crippen molar-refractivity contribution in [2.75, 3.05) is 13.7 Å². The molecule has 3 nitrogen and oxygen atoms in total. The van der Waals surface area contributed by atoms with Crippen LogP contribution in [0.3, 0.4) is 0 Å². The first-order valence-corrected chi connectivity index (χ1v) is 7.11. The van der Waals surface area contributed by atoms with Gasteiger partial charge in [-0.3, -0.25) is 4.68 Å². The van der Waals surface area contributed by atoms with Gasteiger partial charge in [0.05, 0.1) is 29.5 Å². The molecule has 16 heavy (non-hydrogen) atoms. The van der Waals surface area contributed by atoms with Crippen LogP contribution in [0, 0.1) is 0 Å². The van der Waals surface area contributed by atoms with Gasteiger partial charge in [-0.2, -0.15) is 5.10 Å². The van der Waals surface area contributed by atoms with Crippen LogP contribution in [0.15, 0.2) is 10.7 Å². The van der Waals surface area contributed by atoms with Crippen LogP contribution in [0.25, 0.3) is 0 Å². The van der Waals surface area contributed by atoms with Gasteiger partial charge in [0.15, 0.2) is 0 Å². The highest BCUT2D eigenvalue weighted by atomic mass is 79.9. The molecule has 0 N–H and O–H groups in total. The van der Waals surface area contributed by atoms with Crippen LogP contribution >= 0.6 is 31.9 Å². The molecule has 5 heteroatoms. The molecule has 1 aromatic heterocycles. The zero-order chi connectivity index (χ0) is 12.1. The van der Waals surface area contributed by atoms with Crippen molar-refractivity contribution in [2.45, 2.75) is 37.6 Å². The number of hydrogen-bond acceptors (Lipinski definition) is 2. The van der Waals surface area contributed by atoms with Gasteiger partial charge in [-0.1, -0.05) is 29.8 Å². The summed E-state index contributed by atoms with van der Waals surface area (Å²) in [6.07, 6.45) is 2.96. The van der Waals surface area contributed by atoms with Gasteiger partial charge in [-0.05, 0) is 22.4 Å². The lowest BCUT2D eigenvalue weighted by Crippen LogP contribution is -2.13. The van der Waals surface area contributed by atoms with E-state index in [0.717, 1.165) is 17.4 Å². The molecule has 1 aromatic rings. The molecule has 0 aromatic carbocycles. The van der Waals surface area contributed by atoms with Gasteiger partial charge >= 0.3 is 0 Å². The second kappa shape index (κ2) is 6.77. The van der Waals surface area contributed by atoms with Crippen LogP contribution in [0.1, 0.15) is 31.9 Å². The number of alkyl halides is 1. The lowest BCUT2D eigenvalue weighted by Gasteiger charge is -2.16. The molecule has 0 saturated carbocycles. The fourth-order valence-corrected chi connectivity index (χ4v) is 3.06. The number of nitrogens with zero attached hydrogens (tertiary/aromatic N) is 2. The molecular weight excluding hydrogens is 336 g/mol. The minimum absolute atomic E-state index is 0.475. The molecule has 1 heterocycles. The van der Waals surface area contributed by atoms with Crippen molar-refractivity contribution in [3.63, 3.8) is 0 Å². The molecule has 0 spiro atoms. The summed E-state index contributed by atoms with van der Waals surface area (Å²) in [5.41, 5.74) is 1.25. The highest BCUT2D eigenvalue weighted by Gasteiger charge is 2.17. The van der Waals surface area contributed by atoms with Gasteiger partial charge in [-0.15, -0.1) is 0 Å². The average molecular weight is 354 g/mol. The quantitative estimate of drug-likeness (QED) is 0.731. The smallest absolute Gasteiger partial charge is 0.0658 e. The Bertz CT molecular complexity index is 326. The second-order valence-electron chi connectivity index (χ2n) is 4.01. The Morgan fingerprint density at radius 1 is 1.50 bits per heavy atom. The number of halogens is 2. The van der Waals surface area contributed by atoms with Crippen LogP contribution in [0.2, 0.25) is 0 Å². The van der Waals surface area contributed by atoms with E-state index >= 15 is 0 Å². The Balaban J connectivity index is 2.79. The molecule has 0 radical (unpaired) electrons. The Kier molecular flexibility index (Phi) is 6.00. The SMILES string of the molecule is COCCn1ncc(Br)c1C(C)CC(C)Br. The van der Waals surface area contributed by atoms with Gasteiger partial charge in [0, 0.05) is 17.9 Å². The second-order valence-corrected chi connectivity index (χ2v) is 6.43. The molecule has 1 rings (SSSR count). The first kappa shape index (κ1) is 14.2. The number of hydrogen-bond donors (Lipinski definition) is 0. The zero-order valence-electron chi connectivity index (χ0n) is 9.91. The molecular formula is C11H18Br2N2O. The first-order valence-electron chi connectivity index (χ1n) is 5.40. The Hall–Kier alpha value is 0.130. The van der Waals surface area contributed by atoms with Gasteiger partial charge < -0.3 is 4.74 Å². The van der Waals surface area contributed by atoms with Gasteiger partial charge in [0.25, 0.3) is 0 Å². The summed E-state index contributed by atoms with van der Waals surface area (Å²) in [6.45, 7) is 5.89. The minimum atomic E-state index is 0.475. The van der Waals surface area contributed by atoms with Crippen LogP contribution in [0.4, 0.5) is 0 Å². The molecule has 0 amide bonds. The molecule has 2 unspecified atom stereocenters. The maximum Gasteiger partial charge on any atom is 0.0658 e. The fraction of sp³-hybridized carbons (Fsp3) is 0.727. The Morgan fingerprint density at radius 2 is 2.19 bits per heavy atom. The molecule has 92 valence electrons. The summed E-state index contributed by atoms with van der Waals surface area (Å²) in [6, 6.07) is 0. The van der Waals surface area contributed by atoms with E-state index in [-0.39, 0.29) is 0 Å². The summed E-state index contributed by atoms with van der Waals surface area (Å²) in [5, 5.41) is 4.36. The van der Waals surface area contributed by atoms with E-state index in [9.17, 15) is 0 Å². The molecule has 0 saturated heterocycles. The number of methoxy groups -OCH3 is 1. The van der Waals surface area contributed by atoms with Gasteiger partial charge in [0.2, 0.25) is 0 Å². The van der Waals surface area contributed by atoms with E-state index in [4.69, 9.17) is 4.74 Å². The molecule has 0 fully saturated rings. The Morgan fingerprint density at radius 3 is 2.75 bits per heavy atom. The lowest BCUT2D eigenvalue weighted by molar-refractivity contribution is 0.182. The summed E-state index contributed by atoms with van der Waals surface area (Å²) in [5.74, 6) is 0.475. The average Bonchev–Trinajstić information content (AvgIpc) is 2.55. The number of aromatic nitrogens is 2. The van der Waals surface area contributed by atoms with E-state index < -0.39 is 0 Å². The van der Waals surface area contributed by atoms with Gasteiger partial charge in [0.1, 0.15) is 0 Å². The third kappa shape index (κ3) is 3.86. The van der Waals surface area contributed by atoms with Crippen molar-refractivity contribution < 1.29 is 4.74 Å². The molecule has 0 aliphatic rings. The summed E-state index contributed by atoms with van der Waals surface area (Å²) in [4.78, 5) is 0.514. The maximum absolute atomic E-state index is 5.09. The van der Waals surface area contributed by atoms with E-state index in [1.807, 2.05) is 10.9 Å². The number of rotatable bonds is 6. The number of ether oxygens (including phenoxy) is 1. The highest BCUT2D eigenvalue weighted by molar-refractivity contribution is 9.10. The maximum atomic E-state index is 5.09. The summed E-state index contributed by atoms with van der Waals surface area (Å²) < 4.78 is 8.19. The van der Waals surface area contributed by atoms with Crippen molar-refractivity contribution >= 4 is 31.9 Å². The first-order chi connectivity index (χ1) is 7.56. The van der Waals surface area contributed by atoms with Crippen LogP contribution in [0.5, 0.6) is 0 Å². The predicted octanol–water partition coefficient (Wildman–Crippen LogP) is 3.57. The normalized spacial score (nSPS) is 15.1. The monoisotopic (exact) mass is 352 g/mol. The molecule has 0 bridgehead atoms. The van der Waals surface area contributed by atoms with E-state index in [1.165, 1.54) is 5.69 Å². The highest BCUT2D eigenvalue weighted by Crippen LogP contribution is 2.29. The van der Waals surface area contributed by atoms with Crippen molar-refractivity contribution in [1.29, 1.82) is 0 Å². The third-order valence-electron chi connectivity index (χ3n) is 2.49. The van der Waals surface area contributed by atoms with E-state index in [1.54, 1.807) is 7.11 Å². The van der Waals surface area contributed by atoms with Gasteiger partial charge in [-0.25, -0.2) is 0 Å². The topological polar surface area (TPSA) is 27.1 Å². The summed E-state index contributed by atoms with van der Waals surface area (Å²) >= 11 is 7.15. The molecule has 0 aliphatic heterocycles. The van der Waals surface area contributed by atoms with Crippen LogP contribution in [-0.4, -0.2) is 28.3 Å². The molecule has 2 atom stereocenters.